The van der Waals surface area contributed by atoms with Crippen molar-refractivity contribution in [3.05, 3.63) is 70.8 Å². The average molecular weight is 430 g/mol. The Hall–Kier alpha value is -4.86. The molecule has 0 bridgehead atoms. The molecule has 4 N–H and O–H groups in total. The molecule has 2 saturated heterocycles. The standard InChI is InChI=1S/C22H14N4O6/c27-17-15(18(28)24-21(31)23-17)9-11-1-5-13(6-2-11)14-7-3-12(4-8-14)10-16-19(29)25-22(32)26-20(16)30/h1-10H,(H2,23,24,27,28,31)(H2,25,26,29,30,32). The summed E-state index contributed by atoms with van der Waals surface area (Å²) in [6.07, 6.45) is 2.75. The topological polar surface area (TPSA) is 151 Å². The Morgan fingerprint density at radius 2 is 0.719 bits per heavy atom. The van der Waals surface area contributed by atoms with Crippen molar-refractivity contribution in [3.8, 4) is 11.1 Å². The van der Waals surface area contributed by atoms with Crippen LogP contribution >= 0.6 is 0 Å². The maximum Gasteiger partial charge on any atom is 0.328 e. The number of urea groups is 2. The van der Waals surface area contributed by atoms with Crippen molar-refractivity contribution >= 4 is 47.8 Å². The van der Waals surface area contributed by atoms with Crippen molar-refractivity contribution < 1.29 is 28.8 Å². The zero-order chi connectivity index (χ0) is 22.8. The van der Waals surface area contributed by atoms with E-state index < -0.39 is 35.7 Å². The lowest BCUT2D eigenvalue weighted by Crippen LogP contribution is -2.51. The van der Waals surface area contributed by atoms with Gasteiger partial charge in [0.15, 0.2) is 0 Å². The molecule has 2 aromatic carbocycles. The molecule has 32 heavy (non-hydrogen) atoms. The lowest BCUT2D eigenvalue weighted by atomic mass is 10.0. The highest BCUT2D eigenvalue weighted by molar-refractivity contribution is 6.31. The summed E-state index contributed by atoms with van der Waals surface area (Å²) in [6, 6.07) is 12.3. The van der Waals surface area contributed by atoms with Crippen LogP contribution in [0.15, 0.2) is 59.7 Å². The van der Waals surface area contributed by atoms with E-state index in [1.54, 1.807) is 48.5 Å². The van der Waals surface area contributed by atoms with E-state index in [0.29, 0.717) is 11.1 Å². The molecule has 2 heterocycles. The van der Waals surface area contributed by atoms with Crippen LogP contribution in [0.4, 0.5) is 9.59 Å². The van der Waals surface area contributed by atoms with E-state index in [9.17, 15) is 28.8 Å². The van der Waals surface area contributed by atoms with Crippen molar-refractivity contribution in [1.82, 2.24) is 21.3 Å². The molecule has 2 aliphatic rings. The minimum absolute atomic E-state index is 0.174. The summed E-state index contributed by atoms with van der Waals surface area (Å²) < 4.78 is 0. The fraction of sp³-hybridized carbons (Fsp3) is 0. The minimum atomic E-state index is -0.857. The number of rotatable bonds is 3. The molecule has 10 nitrogen and oxygen atoms in total. The van der Waals surface area contributed by atoms with Crippen LogP contribution in [0.25, 0.3) is 23.3 Å². The van der Waals surface area contributed by atoms with E-state index in [4.69, 9.17) is 0 Å². The van der Waals surface area contributed by atoms with Gasteiger partial charge in [0.25, 0.3) is 23.6 Å². The number of hydrogen-bond acceptors (Lipinski definition) is 6. The van der Waals surface area contributed by atoms with Crippen LogP contribution in [0.2, 0.25) is 0 Å². The van der Waals surface area contributed by atoms with Gasteiger partial charge in [-0.1, -0.05) is 48.5 Å². The summed E-state index contributed by atoms with van der Waals surface area (Å²) in [4.78, 5) is 69.5. The zero-order valence-electron chi connectivity index (χ0n) is 16.2. The highest BCUT2D eigenvalue weighted by Crippen LogP contribution is 2.22. The van der Waals surface area contributed by atoms with Gasteiger partial charge >= 0.3 is 12.1 Å². The summed E-state index contributed by atoms with van der Waals surface area (Å²) >= 11 is 0. The van der Waals surface area contributed by atoms with Crippen LogP contribution in [0.5, 0.6) is 0 Å². The number of carbonyl (C=O) groups excluding carboxylic acids is 6. The molecule has 8 amide bonds. The second kappa shape index (κ2) is 8.11. The van der Waals surface area contributed by atoms with Crippen LogP contribution in [0.3, 0.4) is 0 Å². The summed E-state index contributed by atoms with van der Waals surface area (Å²) in [5, 5.41) is 8.04. The third-order valence-electron chi connectivity index (χ3n) is 4.66. The Balaban J connectivity index is 1.52. The summed E-state index contributed by atoms with van der Waals surface area (Å²) in [6.45, 7) is 0. The van der Waals surface area contributed by atoms with Crippen molar-refractivity contribution in [1.29, 1.82) is 0 Å². The van der Waals surface area contributed by atoms with Gasteiger partial charge in [-0.15, -0.1) is 0 Å². The monoisotopic (exact) mass is 430 g/mol. The van der Waals surface area contributed by atoms with Gasteiger partial charge in [-0.25, -0.2) is 9.59 Å². The van der Waals surface area contributed by atoms with Gasteiger partial charge in [-0.2, -0.15) is 0 Å². The lowest BCUT2D eigenvalue weighted by Gasteiger charge is -2.14. The second-order valence-electron chi connectivity index (χ2n) is 6.83. The Bertz CT molecular complexity index is 1110. The quantitative estimate of drug-likeness (QED) is 0.419. The summed E-state index contributed by atoms with van der Waals surface area (Å²) in [5.74, 6) is -3.07. The van der Waals surface area contributed by atoms with E-state index in [2.05, 4.69) is 0 Å². The van der Waals surface area contributed by atoms with Gasteiger partial charge in [-0.05, 0) is 34.4 Å². The number of amides is 8. The maximum atomic E-state index is 11.8. The van der Waals surface area contributed by atoms with Gasteiger partial charge in [0.1, 0.15) is 11.1 Å². The van der Waals surface area contributed by atoms with Crippen LogP contribution in [-0.4, -0.2) is 35.7 Å². The van der Waals surface area contributed by atoms with Crippen molar-refractivity contribution in [2.24, 2.45) is 0 Å². The number of carbonyl (C=O) groups is 6. The molecule has 0 radical (unpaired) electrons. The van der Waals surface area contributed by atoms with Gasteiger partial charge in [0.2, 0.25) is 0 Å². The highest BCUT2D eigenvalue weighted by Gasteiger charge is 2.28. The van der Waals surface area contributed by atoms with Crippen molar-refractivity contribution in [2.45, 2.75) is 0 Å². The lowest BCUT2D eigenvalue weighted by molar-refractivity contribution is -0.125. The van der Waals surface area contributed by atoms with E-state index in [1.165, 1.54) is 12.2 Å². The molecule has 0 unspecified atom stereocenters. The molecule has 0 saturated carbocycles. The number of imide groups is 4. The maximum absolute atomic E-state index is 11.8. The Morgan fingerprint density at radius 3 is 1.00 bits per heavy atom. The van der Waals surface area contributed by atoms with E-state index in [-0.39, 0.29) is 11.1 Å². The molecule has 2 aliphatic heterocycles. The Morgan fingerprint density at radius 1 is 0.438 bits per heavy atom. The largest absolute Gasteiger partial charge is 0.328 e. The first-order valence-corrected chi connectivity index (χ1v) is 9.27. The molecule has 4 rings (SSSR count). The normalized spacial score (nSPS) is 16.1. The average Bonchev–Trinajstić information content (AvgIpc) is 2.74. The SMILES string of the molecule is O=C1NC(=O)C(=Cc2ccc(-c3ccc(C=C4C(=O)NC(=O)NC4=O)cc3)cc2)C(=O)N1. The first-order valence-electron chi connectivity index (χ1n) is 9.27. The predicted octanol–water partition coefficient (Wildman–Crippen LogP) is 0.852. The fourth-order valence-corrected chi connectivity index (χ4v) is 3.09. The first kappa shape index (κ1) is 20.4. The molecule has 2 fully saturated rings. The third-order valence-corrected chi connectivity index (χ3v) is 4.66. The number of nitrogens with one attached hydrogen (secondary N) is 4. The predicted molar refractivity (Wildman–Crippen MR) is 111 cm³/mol. The van der Waals surface area contributed by atoms with Crippen molar-refractivity contribution in [2.75, 3.05) is 0 Å². The third kappa shape index (κ3) is 4.19. The molecule has 0 aliphatic carbocycles. The van der Waals surface area contributed by atoms with Crippen LogP contribution in [-0.2, 0) is 19.2 Å². The van der Waals surface area contributed by atoms with Gasteiger partial charge in [0, 0.05) is 0 Å². The molecule has 0 atom stereocenters. The summed E-state index contributed by atoms with van der Waals surface area (Å²) in [5.41, 5.74) is 2.53. The summed E-state index contributed by atoms with van der Waals surface area (Å²) in [7, 11) is 0. The first-order chi connectivity index (χ1) is 15.3. The van der Waals surface area contributed by atoms with Crippen LogP contribution < -0.4 is 21.3 Å². The highest BCUT2D eigenvalue weighted by atomic mass is 16.2. The number of hydrogen-bond donors (Lipinski definition) is 4. The van der Waals surface area contributed by atoms with E-state index >= 15 is 0 Å². The number of benzene rings is 2. The van der Waals surface area contributed by atoms with E-state index in [0.717, 1.165) is 11.1 Å². The molecular weight excluding hydrogens is 416 g/mol. The fourth-order valence-electron chi connectivity index (χ4n) is 3.09. The molecule has 2 aromatic rings. The Kier molecular flexibility index (Phi) is 5.17. The Labute approximate surface area is 180 Å². The molecule has 158 valence electrons. The zero-order valence-corrected chi connectivity index (χ0v) is 16.2. The number of barbiturate groups is 2. The van der Waals surface area contributed by atoms with Crippen LogP contribution in [0, 0.1) is 0 Å². The van der Waals surface area contributed by atoms with Gasteiger partial charge in [0.05, 0.1) is 0 Å². The van der Waals surface area contributed by atoms with Crippen molar-refractivity contribution in [3.63, 3.8) is 0 Å². The minimum Gasteiger partial charge on any atom is -0.273 e. The molecule has 0 spiro atoms. The molecular formula is C22H14N4O6. The van der Waals surface area contributed by atoms with E-state index in [1.807, 2.05) is 21.3 Å². The van der Waals surface area contributed by atoms with Gasteiger partial charge in [-0.3, -0.25) is 40.4 Å². The molecule has 0 aromatic heterocycles. The molecule has 10 heteroatoms. The van der Waals surface area contributed by atoms with Crippen LogP contribution in [0.1, 0.15) is 11.1 Å². The second-order valence-corrected chi connectivity index (χ2v) is 6.83. The smallest absolute Gasteiger partial charge is 0.273 e. The van der Waals surface area contributed by atoms with Gasteiger partial charge < -0.3 is 0 Å².